The zero-order valence-corrected chi connectivity index (χ0v) is 15.9. The Labute approximate surface area is 162 Å². The lowest BCUT2D eigenvalue weighted by Crippen LogP contribution is -2.01. The van der Waals surface area contributed by atoms with Crippen molar-refractivity contribution in [1.82, 2.24) is 14.4 Å². The molecular formula is C21H19ClN4O. The van der Waals surface area contributed by atoms with Crippen molar-refractivity contribution in [1.29, 1.82) is 0 Å². The van der Waals surface area contributed by atoms with Crippen LogP contribution < -0.4 is 10.1 Å². The fraction of sp³-hybridized carbons (Fsp3) is 0.143. The molecule has 0 amide bonds. The van der Waals surface area contributed by atoms with Gasteiger partial charge in [0.15, 0.2) is 11.5 Å². The van der Waals surface area contributed by atoms with E-state index in [0.717, 1.165) is 40.3 Å². The molecule has 136 valence electrons. The highest BCUT2D eigenvalue weighted by atomic mass is 35.5. The van der Waals surface area contributed by atoms with Crippen molar-refractivity contribution >= 4 is 28.8 Å². The van der Waals surface area contributed by atoms with Crippen molar-refractivity contribution < 1.29 is 4.74 Å². The first-order chi connectivity index (χ1) is 13.2. The second kappa shape index (κ2) is 7.29. The second-order valence-corrected chi connectivity index (χ2v) is 6.58. The maximum Gasteiger partial charge on any atom is 0.180 e. The van der Waals surface area contributed by atoms with Crippen LogP contribution in [0.3, 0.4) is 0 Å². The first-order valence-corrected chi connectivity index (χ1v) is 9.09. The molecule has 5 nitrogen and oxygen atoms in total. The Morgan fingerprint density at radius 1 is 1.15 bits per heavy atom. The third-order valence-corrected chi connectivity index (χ3v) is 4.70. The van der Waals surface area contributed by atoms with Gasteiger partial charge in [-0.1, -0.05) is 36.7 Å². The number of nitrogens with zero attached hydrogens (tertiary/aromatic N) is 3. The number of fused-ring (bicyclic) bond motifs is 1. The molecular weight excluding hydrogens is 360 g/mol. The van der Waals surface area contributed by atoms with E-state index >= 15 is 0 Å². The largest absolute Gasteiger partial charge is 0.496 e. The van der Waals surface area contributed by atoms with Gasteiger partial charge >= 0.3 is 0 Å². The Kier molecular flexibility index (Phi) is 4.69. The monoisotopic (exact) mass is 378 g/mol. The Hall–Kier alpha value is -3.05. The summed E-state index contributed by atoms with van der Waals surface area (Å²) in [5, 5.41) is 4.08. The van der Waals surface area contributed by atoms with Gasteiger partial charge in [0.2, 0.25) is 0 Å². The Morgan fingerprint density at radius 3 is 2.70 bits per heavy atom. The van der Waals surface area contributed by atoms with Crippen LogP contribution in [0.5, 0.6) is 5.75 Å². The summed E-state index contributed by atoms with van der Waals surface area (Å²) in [5.41, 5.74) is 4.63. The van der Waals surface area contributed by atoms with Crippen LogP contribution in [-0.2, 0) is 6.42 Å². The van der Waals surface area contributed by atoms with Gasteiger partial charge in [0.05, 0.1) is 12.8 Å². The number of benzene rings is 2. The molecule has 6 heteroatoms. The van der Waals surface area contributed by atoms with E-state index < -0.39 is 0 Å². The number of imidazole rings is 1. The van der Waals surface area contributed by atoms with Crippen molar-refractivity contribution in [3.05, 3.63) is 71.6 Å². The zero-order valence-electron chi connectivity index (χ0n) is 15.1. The molecule has 1 N–H and O–H groups in total. The number of anilines is 2. The van der Waals surface area contributed by atoms with Gasteiger partial charge in [0.25, 0.3) is 0 Å². The number of methoxy groups -OCH3 is 1. The highest BCUT2D eigenvalue weighted by molar-refractivity contribution is 6.30. The van der Waals surface area contributed by atoms with E-state index in [-0.39, 0.29) is 0 Å². The fourth-order valence-electron chi connectivity index (χ4n) is 3.03. The molecule has 0 radical (unpaired) electrons. The van der Waals surface area contributed by atoms with Gasteiger partial charge in [-0.3, -0.25) is 0 Å². The molecule has 2 aromatic heterocycles. The summed E-state index contributed by atoms with van der Waals surface area (Å²) in [5.74, 6) is 1.54. The van der Waals surface area contributed by atoms with Crippen LogP contribution >= 0.6 is 11.6 Å². The molecule has 4 aromatic rings. The fourth-order valence-corrected chi connectivity index (χ4v) is 3.15. The predicted octanol–water partition coefficient (Wildman–Crippen LogP) is 5.36. The van der Waals surface area contributed by atoms with E-state index in [4.69, 9.17) is 21.3 Å². The first kappa shape index (κ1) is 17.4. The van der Waals surface area contributed by atoms with E-state index in [2.05, 4.69) is 23.3 Å². The minimum atomic E-state index is 0.679. The molecule has 0 spiro atoms. The lowest BCUT2D eigenvalue weighted by atomic mass is 10.1. The highest BCUT2D eigenvalue weighted by Crippen LogP contribution is 2.28. The standard InChI is InChI=1S/C21H19ClN4O/c1-3-14-6-9-17(12-19(14)27-2)24-20-21-23-10-11-26(21)13-18(25-20)15-4-7-16(22)8-5-15/h4-13H,3H2,1-2H3,(H,24,25). The molecule has 27 heavy (non-hydrogen) atoms. The van der Waals surface area contributed by atoms with Crippen LogP contribution in [0, 0.1) is 0 Å². The van der Waals surface area contributed by atoms with Crippen molar-refractivity contribution in [2.75, 3.05) is 12.4 Å². The van der Waals surface area contributed by atoms with Gasteiger partial charge in [-0.05, 0) is 30.2 Å². The predicted molar refractivity (Wildman–Crippen MR) is 109 cm³/mol. The van der Waals surface area contributed by atoms with Gasteiger partial charge < -0.3 is 14.5 Å². The number of aromatic nitrogens is 3. The minimum absolute atomic E-state index is 0.679. The molecule has 4 rings (SSSR count). The number of halogens is 1. The SMILES string of the molecule is CCc1ccc(Nc2nc(-c3ccc(Cl)cc3)cn3ccnc23)cc1OC. The zero-order chi connectivity index (χ0) is 18.8. The van der Waals surface area contributed by atoms with Crippen molar-refractivity contribution in [2.24, 2.45) is 0 Å². The van der Waals surface area contributed by atoms with Gasteiger partial charge in [-0.25, -0.2) is 9.97 Å². The van der Waals surface area contributed by atoms with E-state index in [1.54, 1.807) is 13.3 Å². The van der Waals surface area contributed by atoms with Crippen LogP contribution in [0.15, 0.2) is 61.1 Å². The molecule has 0 saturated carbocycles. The van der Waals surface area contributed by atoms with Gasteiger partial charge in [0, 0.05) is 40.9 Å². The third kappa shape index (κ3) is 3.46. The second-order valence-electron chi connectivity index (χ2n) is 6.14. The lowest BCUT2D eigenvalue weighted by molar-refractivity contribution is 0.410. The van der Waals surface area contributed by atoms with Crippen LogP contribution in [0.4, 0.5) is 11.5 Å². The number of hydrogen-bond acceptors (Lipinski definition) is 4. The normalized spacial score (nSPS) is 10.9. The molecule has 0 fully saturated rings. The van der Waals surface area contributed by atoms with Crippen molar-refractivity contribution in [3.63, 3.8) is 0 Å². The van der Waals surface area contributed by atoms with Gasteiger partial charge in [0.1, 0.15) is 5.75 Å². The van der Waals surface area contributed by atoms with Crippen molar-refractivity contribution in [2.45, 2.75) is 13.3 Å². The van der Waals surface area contributed by atoms with Crippen LogP contribution in [-0.4, -0.2) is 21.5 Å². The number of nitrogens with one attached hydrogen (secondary N) is 1. The molecule has 0 unspecified atom stereocenters. The summed E-state index contributed by atoms with van der Waals surface area (Å²) in [6.45, 7) is 2.11. The molecule has 0 aliphatic carbocycles. The number of rotatable bonds is 5. The maximum atomic E-state index is 6.01. The number of ether oxygens (including phenoxy) is 1. The highest BCUT2D eigenvalue weighted by Gasteiger charge is 2.11. The first-order valence-electron chi connectivity index (χ1n) is 8.71. The average molecular weight is 379 g/mol. The molecule has 0 saturated heterocycles. The summed E-state index contributed by atoms with van der Waals surface area (Å²) in [4.78, 5) is 9.21. The Morgan fingerprint density at radius 2 is 1.96 bits per heavy atom. The third-order valence-electron chi connectivity index (χ3n) is 4.44. The quantitative estimate of drug-likeness (QED) is 0.507. The summed E-state index contributed by atoms with van der Waals surface area (Å²) in [6.07, 6.45) is 6.53. The van der Waals surface area contributed by atoms with Gasteiger partial charge in [-0.15, -0.1) is 0 Å². The molecule has 0 aliphatic rings. The summed E-state index contributed by atoms with van der Waals surface area (Å²) in [6, 6.07) is 13.7. The minimum Gasteiger partial charge on any atom is -0.496 e. The van der Waals surface area contributed by atoms with E-state index in [0.29, 0.717) is 10.8 Å². The molecule has 2 heterocycles. The topological polar surface area (TPSA) is 51.5 Å². The number of hydrogen-bond donors (Lipinski definition) is 1. The molecule has 0 atom stereocenters. The lowest BCUT2D eigenvalue weighted by Gasteiger charge is -2.12. The summed E-state index contributed by atoms with van der Waals surface area (Å²) < 4.78 is 7.45. The smallest absolute Gasteiger partial charge is 0.180 e. The van der Waals surface area contributed by atoms with Crippen molar-refractivity contribution in [3.8, 4) is 17.0 Å². The Balaban J connectivity index is 1.77. The summed E-state index contributed by atoms with van der Waals surface area (Å²) in [7, 11) is 1.69. The average Bonchev–Trinajstić information content (AvgIpc) is 3.17. The maximum absolute atomic E-state index is 6.01. The van der Waals surface area contributed by atoms with E-state index in [1.807, 2.05) is 53.2 Å². The Bertz CT molecular complexity index is 1090. The van der Waals surface area contributed by atoms with Gasteiger partial charge in [-0.2, -0.15) is 0 Å². The molecule has 0 bridgehead atoms. The number of aryl methyl sites for hydroxylation is 1. The van der Waals surface area contributed by atoms with Crippen LogP contribution in [0.2, 0.25) is 5.02 Å². The van der Waals surface area contributed by atoms with E-state index in [1.165, 1.54) is 0 Å². The van der Waals surface area contributed by atoms with Crippen LogP contribution in [0.1, 0.15) is 12.5 Å². The van der Waals surface area contributed by atoms with E-state index in [9.17, 15) is 0 Å². The molecule has 0 aliphatic heterocycles. The summed E-state index contributed by atoms with van der Waals surface area (Å²) >= 11 is 6.01. The van der Waals surface area contributed by atoms with Crippen LogP contribution in [0.25, 0.3) is 16.9 Å². The molecule has 2 aromatic carbocycles.